The molecule has 3 rings (SSSR count). The highest BCUT2D eigenvalue weighted by Crippen LogP contribution is 2.29. The molecule has 0 spiro atoms. The molecule has 2 aromatic heterocycles. The molecule has 0 saturated heterocycles. The molecule has 94 valence electrons. The zero-order valence-corrected chi connectivity index (χ0v) is 10.6. The fourth-order valence-corrected chi connectivity index (χ4v) is 2.32. The highest BCUT2D eigenvalue weighted by molar-refractivity contribution is 5.82. The summed E-state index contributed by atoms with van der Waals surface area (Å²) in [6.45, 7) is 1.95. The van der Waals surface area contributed by atoms with Crippen LogP contribution in [-0.4, -0.2) is 15.1 Å². The quantitative estimate of drug-likeness (QED) is 0.760. The third kappa shape index (κ3) is 2.09. The second kappa shape index (κ2) is 4.78. The van der Waals surface area contributed by atoms with Gasteiger partial charge in [0.1, 0.15) is 6.10 Å². The van der Waals surface area contributed by atoms with E-state index < -0.39 is 6.10 Å². The Labute approximate surface area is 111 Å². The highest BCUT2D eigenvalue weighted by Gasteiger charge is 2.15. The van der Waals surface area contributed by atoms with Gasteiger partial charge in [0.05, 0.1) is 5.52 Å². The van der Waals surface area contributed by atoms with E-state index in [1.54, 1.807) is 18.6 Å². The lowest BCUT2D eigenvalue weighted by Crippen LogP contribution is -2.03. The van der Waals surface area contributed by atoms with Crippen molar-refractivity contribution in [2.45, 2.75) is 13.0 Å². The van der Waals surface area contributed by atoms with Crippen LogP contribution in [0.4, 0.5) is 0 Å². The van der Waals surface area contributed by atoms with Crippen molar-refractivity contribution in [1.29, 1.82) is 0 Å². The van der Waals surface area contributed by atoms with Gasteiger partial charge in [-0.25, -0.2) is 0 Å². The van der Waals surface area contributed by atoms with E-state index in [1.807, 2.05) is 43.3 Å². The summed E-state index contributed by atoms with van der Waals surface area (Å²) in [7, 11) is 0. The third-order valence-electron chi connectivity index (χ3n) is 3.33. The molecular weight excluding hydrogens is 236 g/mol. The minimum absolute atomic E-state index is 0.657. The number of pyridine rings is 2. The molecule has 0 aliphatic carbocycles. The van der Waals surface area contributed by atoms with E-state index in [0.717, 1.165) is 27.6 Å². The standard InChI is InChI=1S/C16H14N2O/c1-11-10-17-9-7-12(11)16(19)14-4-2-6-15-13(14)5-3-8-18-15/h2-10,16,19H,1H3. The Hall–Kier alpha value is -2.26. The van der Waals surface area contributed by atoms with Gasteiger partial charge in [-0.05, 0) is 41.8 Å². The van der Waals surface area contributed by atoms with Crippen molar-refractivity contribution < 1.29 is 5.11 Å². The Morgan fingerprint density at radius 2 is 1.89 bits per heavy atom. The van der Waals surface area contributed by atoms with Crippen molar-refractivity contribution in [2.75, 3.05) is 0 Å². The normalized spacial score (nSPS) is 12.5. The van der Waals surface area contributed by atoms with Crippen LogP contribution in [0.15, 0.2) is 55.0 Å². The van der Waals surface area contributed by atoms with Crippen LogP contribution in [-0.2, 0) is 0 Å². The maximum atomic E-state index is 10.6. The summed E-state index contributed by atoms with van der Waals surface area (Å²) in [6, 6.07) is 11.5. The van der Waals surface area contributed by atoms with E-state index in [0.29, 0.717) is 0 Å². The van der Waals surface area contributed by atoms with Crippen LogP contribution in [0.25, 0.3) is 10.9 Å². The number of aryl methyl sites for hydroxylation is 1. The number of nitrogens with zero attached hydrogens (tertiary/aromatic N) is 2. The maximum Gasteiger partial charge on any atom is 0.105 e. The van der Waals surface area contributed by atoms with Gasteiger partial charge >= 0.3 is 0 Å². The minimum atomic E-state index is -0.657. The van der Waals surface area contributed by atoms with Gasteiger partial charge in [0.2, 0.25) is 0 Å². The van der Waals surface area contributed by atoms with Gasteiger partial charge in [-0.15, -0.1) is 0 Å². The van der Waals surface area contributed by atoms with Gasteiger partial charge in [-0.3, -0.25) is 9.97 Å². The van der Waals surface area contributed by atoms with Gasteiger partial charge in [0.25, 0.3) is 0 Å². The van der Waals surface area contributed by atoms with Gasteiger partial charge < -0.3 is 5.11 Å². The Kier molecular flexibility index (Phi) is 2.97. The van der Waals surface area contributed by atoms with E-state index in [2.05, 4.69) is 9.97 Å². The Balaban J connectivity index is 2.17. The third-order valence-corrected chi connectivity index (χ3v) is 3.33. The predicted molar refractivity (Wildman–Crippen MR) is 74.8 cm³/mol. The molecule has 0 bridgehead atoms. The first-order chi connectivity index (χ1) is 9.27. The first kappa shape index (κ1) is 11.8. The van der Waals surface area contributed by atoms with E-state index in [1.165, 1.54) is 0 Å². The molecule has 3 nitrogen and oxygen atoms in total. The van der Waals surface area contributed by atoms with Gasteiger partial charge in [0, 0.05) is 24.0 Å². The van der Waals surface area contributed by atoms with Crippen LogP contribution >= 0.6 is 0 Å². The highest BCUT2D eigenvalue weighted by atomic mass is 16.3. The van der Waals surface area contributed by atoms with E-state index in [9.17, 15) is 5.11 Å². The average molecular weight is 250 g/mol. The van der Waals surface area contributed by atoms with Crippen LogP contribution in [0.2, 0.25) is 0 Å². The van der Waals surface area contributed by atoms with E-state index in [-0.39, 0.29) is 0 Å². The number of aliphatic hydroxyl groups is 1. The molecule has 3 heteroatoms. The number of fused-ring (bicyclic) bond motifs is 1. The molecule has 1 atom stereocenters. The van der Waals surface area contributed by atoms with E-state index >= 15 is 0 Å². The summed E-state index contributed by atoms with van der Waals surface area (Å²) in [5, 5.41) is 11.6. The van der Waals surface area contributed by atoms with Crippen LogP contribution in [0.5, 0.6) is 0 Å². The fraction of sp³-hybridized carbons (Fsp3) is 0.125. The lowest BCUT2D eigenvalue weighted by molar-refractivity contribution is 0.221. The van der Waals surface area contributed by atoms with Crippen LogP contribution in [0.1, 0.15) is 22.8 Å². The van der Waals surface area contributed by atoms with Crippen molar-refractivity contribution in [2.24, 2.45) is 0 Å². The number of hydrogen-bond donors (Lipinski definition) is 1. The first-order valence-corrected chi connectivity index (χ1v) is 6.19. The second-order valence-corrected chi connectivity index (χ2v) is 4.55. The molecule has 1 aromatic carbocycles. The summed E-state index contributed by atoms with van der Waals surface area (Å²) in [4.78, 5) is 8.38. The maximum absolute atomic E-state index is 10.6. The fourth-order valence-electron chi connectivity index (χ4n) is 2.32. The van der Waals surface area contributed by atoms with E-state index in [4.69, 9.17) is 0 Å². The molecule has 3 aromatic rings. The number of aromatic nitrogens is 2. The molecule has 1 N–H and O–H groups in total. The zero-order valence-electron chi connectivity index (χ0n) is 10.6. The average Bonchev–Trinajstić information content (AvgIpc) is 2.46. The van der Waals surface area contributed by atoms with Crippen LogP contribution in [0.3, 0.4) is 0 Å². The molecule has 0 fully saturated rings. The summed E-state index contributed by atoms with van der Waals surface area (Å²) in [6.07, 6.45) is 4.57. The SMILES string of the molecule is Cc1cnccc1C(O)c1cccc2ncccc12. The number of benzene rings is 1. The zero-order chi connectivity index (χ0) is 13.2. The van der Waals surface area contributed by atoms with Crippen molar-refractivity contribution >= 4 is 10.9 Å². The van der Waals surface area contributed by atoms with Crippen LogP contribution < -0.4 is 0 Å². The summed E-state index contributed by atoms with van der Waals surface area (Å²) in [5.41, 5.74) is 3.63. The minimum Gasteiger partial charge on any atom is -0.384 e. The summed E-state index contributed by atoms with van der Waals surface area (Å²) < 4.78 is 0. The lowest BCUT2D eigenvalue weighted by atomic mass is 9.96. The van der Waals surface area contributed by atoms with Gasteiger partial charge in [-0.2, -0.15) is 0 Å². The predicted octanol–water partition coefficient (Wildman–Crippen LogP) is 3.02. The molecular formula is C16H14N2O. The van der Waals surface area contributed by atoms with Crippen molar-refractivity contribution in [3.8, 4) is 0 Å². The molecule has 2 heterocycles. The summed E-state index contributed by atoms with van der Waals surface area (Å²) >= 11 is 0. The molecule has 19 heavy (non-hydrogen) atoms. The largest absolute Gasteiger partial charge is 0.384 e. The number of rotatable bonds is 2. The monoisotopic (exact) mass is 250 g/mol. The molecule has 0 amide bonds. The van der Waals surface area contributed by atoms with Crippen molar-refractivity contribution in [3.05, 3.63) is 71.7 Å². The molecule has 0 aliphatic rings. The molecule has 0 saturated carbocycles. The van der Waals surface area contributed by atoms with Gasteiger partial charge in [-0.1, -0.05) is 18.2 Å². The summed E-state index contributed by atoms with van der Waals surface area (Å²) in [5.74, 6) is 0. The Morgan fingerprint density at radius 1 is 1.00 bits per heavy atom. The topological polar surface area (TPSA) is 46.0 Å². The first-order valence-electron chi connectivity index (χ1n) is 6.19. The Bertz CT molecular complexity index is 719. The van der Waals surface area contributed by atoms with Gasteiger partial charge in [0.15, 0.2) is 0 Å². The van der Waals surface area contributed by atoms with Crippen molar-refractivity contribution in [1.82, 2.24) is 9.97 Å². The molecule has 1 unspecified atom stereocenters. The van der Waals surface area contributed by atoms with Crippen LogP contribution in [0, 0.1) is 6.92 Å². The molecule has 0 radical (unpaired) electrons. The van der Waals surface area contributed by atoms with Crippen molar-refractivity contribution in [3.63, 3.8) is 0 Å². The Morgan fingerprint density at radius 3 is 2.74 bits per heavy atom. The number of aliphatic hydroxyl groups excluding tert-OH is 1. The number of hydrogen-bond acceptors (Lipinski definition) is 3. The second-order valence-electron chi connectivity index (χ2n) is 4.55. The smallest absolute Gasteiger partial charge is 0.105 e. The molecule has 0 aliphatic heterocycles. The lowest BCUT2D eigenvalue weighted by Gasteiger charge is -2.15.